The summed E-state index contributed by atoms with van der Waals surface area (Å²) in [6.07, 6.45) is 3.47. The van der Waals surface area contributed by atoms with Gasteiger partial charge in [0.2, 0.25) is 0 Å². The van der Waals surface area contributed by atoms with Crippen molar-refractivity contribution in [1.29, 1.82) is 0 Å². The summed E-state index contributed by atoms with van der Waals surface area (Å²) in [4.78, 5) is 4.10. The van der Waals surface area contributed by atoms with Crippen LogP contribution in [0.4, 0.5) is 4.39 Å². The number of pyridine rings is 1. The zero-order valence-electron chi connectivity index (χ0n) is 10.2. The maximum absolute atomic E-state index is 14.1. The molecule has 0 saturated carbocycles. The molecule has 0 bridgehead atoms. The van der Waals surface area contributed by atoms with Gasteiger partial charge in [0.25, 0.3) is 0 Å². The molecule has 0 aliphatic heterocycles. The Bertz CT molecular complexity index is 557. The van der Waals surface area contributed by atoms with Crippen molar-refractivity contribution in [3.05, 3.63) is 64.2 Å². The van der Waals surface area contributed by atoms with Crippen LogP contribution in [0.3, 0.4) is 0 Å². The molecule has 0 aliphatic carbocycles. The molecule has 2 nitrogen and oxygen atoms in total. The summed E-state index contributed by atoms with van der Waals surface area (Å²) in [5.41, 5.74) is 2.53. The van der Waals surface area contributed by atoms with E-state index in [0.29, 0.717) is 5.56 Å². The van der Waals surface area contributed by atoms with E-state index in [9.17, 15) is 4.39 Å². The van der Waals surface area contributed by atoms with E-state index >= 15 is 0 Å². The molecule has 2 rings (SSSR count). The van der Waals surface area contributed by atoms with Crippen LogP contribution < -0.4 is 5.32 Å². The SMILES string of the molecule is CNC(c1cnccc1C)c1cccc(Cl)c1F. The van der Waals surface area contributed by atoms with Crippen molar-refractivity contribution in [2.75, 3.05) is 7.05 Å². The van der Waals surface area contributed by atoms with Crippen molar-refractivity contribution in [3.8, 4) is 0 Å². The number of aryl methyl sites for hydroxylation is 1. The average Bonchev–Trinajstić information content (AvgIpc) is 2.37. The van der Waals surface area contributed by atoms with E-state index in [1.807, 2.05) is 13.0 Å². The van der Waals surface area contributed by atoms with Crippen molar-refractivity contribution < 1.29 is 4.39 Å². The highest BCUT2D eigenvalue weighted by atomic mass is 35.5. The molecule has 1 aromatic heterocycles. The molecule has 0 fully saturated rings. The van der Waals surface area contributed by atoms with Crippen LogP contribution in [0.1, 0.15) is 22.7 Å². The zero-order valence-corrected chi connectivity index (χ0v) is 11.0. The summed E-state index contributed by atoms with van der Waals surface area (Å²) in [5, 5.41) is 3.24. The molecule has 18 heavy (non-hydrogen) atoms. The number of hydrogen-bond donors (Lipinski definition) is 1. The fourth-order valence-corrected chi connectivity index (χ4v) is 2.18. The number of nitrogens with one attached hydrogen (secondary N) is 1. The van der Waals surface area contributed by atoms with E-state index in [2.05, 4.69) is 10.3 Å². The van der Waals surface area contributed by atoms with Gasteiger partial charge >= 0.3 is 0 Å². The Balaban J connectivity index is 2.53. The third-order valence-electron chi connectivity index (χ3n) is 2.97. The highest BCUT2D eigenvalue weighted by molar-refractivity contribution is 6.30. The lowest BCUT2D eigenvalue weighted by Crippen LogP contribution is -2.20. The summed E-state index contributed by atoms with van der Waals surface area (Å²) in [5.74, 6) is -0.387. The quantitative estimate of drug-likeness (QED) is 0.918. The lowest BCUT2D eigenvalue weighted by Gasteiger charge is -2.19. The van der Waals surface area contributed by atoms with Gasteiger partial charge in [-0.1, -0.05) is 23.7 Å². The third kappa shape index (κ3) is 2.37. The van der Waals surface area contributed by atoms with Gasteiger partial charge in [-0.2, -0.15) is 0 Å². The Morgan fingerprint density at radius 1 is 1.28 bits per heavy atom. The second-order valence-corrected chi connectivity index (χ2v) is 4.50. The first kappa shape index (κ1) is 13.0. The van der Waals surface area contributed by atoms with E-state index in [4.69, 9.17) is 11.6 Å². The molecule has 0 aliphatic rings. The van der Waals surface area contributed by atoms with Crippen LogP contribution in [0.15, 0.2) is 36.7 Å². The fraction of sp³-hybridized carbons (Fsp3) is 0.214. The first-order chi connectivity index (χ1) is 8.65. The van der Waals surface area contributed by atoms with Gasteiger partial charge in [0.1, 0.15) is 5.82 Å². The molecule has 94 valence electrons. The lowest BCUT2D eigenvalue weighted by molar-refractivity contribution is 0.575. The van der Waals surface area contributed by atoms with E-state index in [-0.39, 0.29) is 16.9 Å². The van der Waals surface area contributed by atoms with Gasteiger partial charge in [0, 0.05) is 18.0 Å². The second-order valence-electron chi connectivity index (χ2n) is 4.10. The molecule has 0 radical (unpaired) electrons. The second kappa shape index (κ2) is 5.46. The third-order valence-corrected chi connectivity index (χ3v) is 3.26. The van der Waals surface area contributed by atoms with E-state index < -0.39 is 0 Å². The molecule has 1 aromatic carbocycles. The van der Waals surface area contributed by atoms with Crippen molar-refractivity contribution in [1.82, 2.24) is 10.3 Å². The van der Waals surface area contributed by atoms with Crippen LogP contribution in [0.25, 0.3) is 0 Å². The van der Waals surface area contributed by atoms with Crippen LogP contribution in [0.2, 0.25) is 5.02 Å². The smallest absolute Gasteiger partial charge is 0.146 e. The van der Waals surface area contributed by atoms with Crippen LogP contribution in [-0.4, -0.2) is 12.0 Å². The highest BCUT2D eigenvalue weighted by Gasteiger charge is 2.19. The van der Waals surface area contributed by atoms with Crippen molar-refractivity contribution in [3.63, 3.8) is 0 Å². The van der Waals surface area contributed by atoms with E-state index in [1.165, 1.54) is 0 Å². The topological polar surface area (TPSA) is 24.9 Å². The number of aromatic nitrogens is 1. The van der Waals surface area contributed by atoms with Gasteiger partial charge in [0.05, 0.1) is 11.1 Å². The standard InChI is InChI=1S/C14H14ClFN2/c1-9-6-7-18-8-11(9)14(17-2)10-4-3-5-12(15)13(10)16/h3-8,14,17H,1-2H3. The van der Waals surface area contributed by atoms with Crippen molar-refractivity contribution in [2.24, 2.45) is 0 Å². The van der Waals surface area contributed by atoms with Crippen LogP contribution in [-0.2, 0) is 0 Å². The summed E-state index contributed by atoms with van der Waals surface area (Å²) < 4.78 is 14.1. The normalized spacial score (nSPS) is 12.4. The van der Waals surface area contributed by atoms with E-state index in [1.54, 1.807) is 37.6 Å². The minimum Gasteiger partial charge on any atom is -0.309 e. The van der Waals surface area contributed by atoms with Gasteiger partial charge in [-0.15, -0.1) is 0 Å². The first-order valence-electron chi connectivity index (χ1n) is 5.67. The molecule has 0 amide bonds. The molecule has 0 saturated heterocycles. The lowest BCUT2D eigenvalue weighted by atomic mass is 9.96. The zero-order chi connectivity index (χ0) is 13.1. The maximum atomic E-state index is 14.1. The molecular weight excluding hydrogens is 251 g/mol. The van der Waals surface area contributed by atoms with Crippen molar-refractivity contribution >= 4 is 11.6 Å². The molecule has 2 aromatic rings. The Hall–Kier alpha value is -1.45. The summed E-state index contributed by atoms with van der Waals surface area (Å²) >= 11 is 5.82. The van der Waals surface area contributed by atoms with Gasteiger partial charge in [-0.25, -0.2) is 4.39 Å². The Morgan fingerprint density at radius 2 is 2.06 bits per heavy atom. The Kier molecular flexibility index (Phi) is 3.94. The van der Waals surface area contributed by atoms with Gasteiger partial charge in [-0.3, -0.25) is 4.98 Å². The number of nitrogens with zero attached hydrogens (tertiary/aromatic N) is 1. The van der Waals surface area contributed by atoms with E-state index in [0.717, 1.165) is 11.1 Å². The molecule has 1 atom stereocenters. The van der Waals surface area contributed by atoms with Crippen LogP contribution in [0.5, 0.6) is 0 Å². The molecular formula is C14H14ClFN2. The van der Waals surface area contributed by atoms with Gasteiger partial charge in [0.15, 0.2) is 0 Å². The summed E-state index contributed by atoms with van der Waals surface area (Å²) in [7, 11) is 1.79. The Morgan fingerprint density at radius 3 is 2.72 bits per heavy atom. The number of rotatable bonds is 3. The molecule has 1 N–H and O–H groups in total. The monoisotopic (exact) mass is 264 g/mol. The van der Waals surface area contributed by atoms with Crippen molar-refractivity contribution in [2.45, 2.75) is 13.0 Å². The molecule has 0 spiro atoms. The predicted octanol–water partition coefficient (Wildman–Crippen LogP) is 3.49. The number of halogens is 2. The van der Waals surface area contributed by atoms with Gasteiger partial charge in [-0.05, 0) is 37.2 Å². The number of hydrogen-bond acceptors (Lipinski definition) is 2. The molecule has 1 heterocycles. The summed E-state index contributed by atoms with van der Waals surface area (Å²) in [6, 6.07) is 6.68. The maximum Gasteiger partial charge on any atom is 0.146 e. The molecule has 4 heteroatoms. The Labute approximate surface area is 111 Å². The average molecular weight is 265 g/mol. The minimum atomic E-state index is -0.387. The fourth-order valence-electron chi connectivity index (χ4n) is 2.00. The van der Waals surface area contributed by atoms with Crippen LogP contribution in [0, 0.1) is 12.7 Å². The first-order valence-corrected chi connectivity index (χ1v) is 6.04. The largest absolute Gasteiger partial charge is 0.309 e. The molecule has 1 unspecified atom stereocenters. The minimum absolute atomic E-state index is 0.134. The van der Waals surface area contributed by atoms with Gasteiger partial charge < -0.3 is 5.32 Å². The highest BCUT2D eigenvalue weighted by Crippen LogP contribution is 2.28. The number of benzene rings is 1. The summed E-state index contributed by atoms with van der Waals surface area (Å²) in [6.45, 7) is 1.98. The van der Waals surface area contributed by atoms with Crippen LogP contribution >= 0.6 is 11.6 Å². The predicted molar refractivity (Wildman–Crippen MR) is 71.3 cm³/mol.